The second-order valence-electron chi connectivity index (χ2n) is 6.50. The highest BCUT2D eigenvalue weighted by atomic mass is 35.5. The number of nitrogens with one attached hydrogen (secondary N) is 1. The quantitative estimate of drug-likeness (QED) is 0.345. The van der Waals surface area contributed by atoms with E-state index in [9.17, 15) is 14.9 Å². The molecule has 0 fully saturated rings. The number of aryl methyl sites for hydroxylation is 1. The van der Waals surface area contributed by atoms with Crippen molar-refractivity contribution in [1.82, 2.24) is 14.7 Å². The topological polar surface area (TPSA) is 106 Å². The zero-order valence-corrected chi connectivity index (χ0v) is 17.6. The average molecular weight is 439 g/mol. The van der Waals surface area contributed by atoms with Crippen molar-refractivity contribution in [1.29, 1.82) is 5.26 Å². The largest absolute Gasteiger partial charge is 0.438 e. The van der Waals surface area contributed by atoms with Gasteiger partial charge in [0.05, 0.1) is 6.61 Å². The molecule has 3 rings (SSSR count). The minimum atomic E-state index is -0.634. The van der Waals surface area contributed by atoms with E-state index in [1.54, 1.807) is 36.5 Å². The number of carbonyl (C=O) groups is 1. The zero-order chi connectivity index (χ0) is 22.4. The first kappa shape index (κ1) is 22.0. The van der Waals surface area contributed by atoms with E-state index < -0.39 is 11.5 Å². The Labute approximate surface area is 183 Å². The zero-order valence-electron chi connectivity index (χ0n) is 16.9. The molecule has 1 aromatic carbocycles. The van der Waals surface area contributed by atoms with E-state index in [1.807, 2.05) is 19.1 Å². The maximum atomic E-state index is 13.2. The number of halogens is 1. The standard InChI is InChI=1S/C22H19ClN4O4/c1-14-4-3-10-27-19(14)26-21(31-17-7-5-16(23)6-8-17)18(22(27)29)12-15(13-24)20(28)25-9-11-30-2/h3-8,10,12H,9,11H2,1-2H3,(H,25,28)/b15-12+. The number of hydrogen-bond acceptors (Lipinski definition) is 6. The lowest BCUT2D eigenvalue weighted by molar-refractivity contribution is -0.117. The molecule has 8 nitrogen and oxygen atoms in total. The van der Waals surface area contributed by atoms with Gasteiger partial charge in [0.25, 0.3) is 11.5 Å². The predicted molar refractivity (Wildman–Crippen MR) is 116 cm³/mol. The lowest BCUT2D eigenvalue weighted by atomic mass is 10.1. The molecule has 0 saturated carbocycles. The van der Waals surface area contributed by atoms with E-state index in [4.69, 9.17) is 21.1 Å². The summed E-state index contributed by atoms with van der Waals surface area (Å²) < 4.78 is 12.1. The van der Waals surface area contributed by atoms with Gasteiger partial charge in [-0.15, -0.1) is 0 Å². The fourth-order valence-corrected chi connectivity index (χ4v) is 2.89. The van der Waals surface area contributed by atoms with Crippen molar-refractivity contribution >= 4 is 29.2 Å². The van der Waals surface area contributed by atoms with E-state index in [0.717, 1.165) is 5.56 Å². The van der Waals surface area contributed by atoms with Crippen molar-refractivity contribution < 1.29 is 14.3 Å². The maximum absolute atomic E-state index is 13.2. The second kappa shape index (κ2) is 9.89. The fourth-order valence-electron chi connectivity index (χ4n) is 2.76. The van der Waals surface area contributed by atoms with E-state index in [0.29, 0.717) is 16.4 Å². The second-order valence-corrected chi connectivity index (χ2v) is 6.93. The fraction of sp³-hybridized carbons (Fsp3) is 0.182. The lowest BCUT2D eigenvalue weighted by Gasteiger charge is -2.11. The third-order valence-electron chi connectivity index (χ3n) is 4.32. The Balaban J connectivity index is 2.14. The molecule has 0 aliphatic carbocycles. The van der Waals surface area contributed by atoms with Gasteiger partial charge < -0.3 is 14.8 Å². The van der Waals surface area contributed by atoms with Crippen LogP contribution in [0.2, 0.25) is 5.02 Å². The van der Waals surface area contributed by atoms with Crippen LogP contribution >= 0.6 is 11.6 Å². The summed E-state index contributed by atoms with van der Waals surface area (Å²) in [5.41, 5.74) is 0.390. The van der Waals surface area contributed by atoms with Crippen LogP contribution in [0.5, 0.6) is 11.6 Å². The summed E-state index contributed by atoms with van der Waals surface area (Å²) in [6, 6.07) is 11.9. The molecule has 0 spiro atoms. The maximum Gasteiger partial charge on any atom is 0.269 e. The van der Waals surface area contributed by atoms with Crippen LogP contribution in [0.3, 0.4) is 0 Å². The van der Waals surface area contributed by atoms with Gasteiger partial charge in [-0.2, -0.15) is 10.2 Å². The smallest absolute Gasteiger partial charge is 0.269 e. The molecule has 0 unspecified atom stereocenters. The van der Waals surface area contributed by atoms with Crippen LogP contribution in [0.25, 0.3) is 11.7 Å². The summed E-state index contributed by atoms with van der Waals surface area (Å²) in [6.45, 7) is 2.32. The highest BCUT2D eigenvalue weighted by molar-refractivity contribution is 6.30. The molecule has 0 aliphatic heterocycles. The number of amides is 1. The van der Waals surface area contributed by atoms with E-state index in [2.05, 4.69) is 10.3 Å². The monoisotopic (exact) mass is 438 g/mol. The average Bonchev–Trinajstić information content (AvgIpc) is 2.76. The predicted octanol–water partition coefficient (Wildman–Crippen LogP) is 3.12. The number of nitrogens with zero attached hydrogens (tertiary/aromatic N) is 3. The molecule has 158 valence electrons. The van der Waals surface area contributed by atoms with Gasteiger partial charge in [0, 0.05) is 24.9 Å². The van der Waals surface area contributed by atoms with E-state index in [-0.39, 0.29) is 30.2 Å². The molecule has 2 aromatic heterocycles. The Morgan fingerprint density at radius 3 is 2.74 bits per heavy atom. The van der Waals surface area contributed by atoms with E-state index in [1.165, 1.54) is 17.6 Å². The van der Waals surface area contributed by atoms with Crippen molar-refractivity contribution in [2.45, 2.75) is 6.92 Å². The Kier molecular flexibility index (Phi) is 7.03. The van der Waals surface area contributed by atoms with Crippen molar-refractivity contribution in [3.05, 3.63) is 74.7 Å². The minimum Gasteiger partial charge on any atom is -0.438 e. The van der Waals surface area contributed by atoms with Crippen LogP contribution in [0.15, 0.2) is 53.0 Å². The highest BCUT2D eigenvalue weighted by Crippen LogP contribution is 2.25. The van der Waals surface area contributed by atoms with Gasteiger partial charge in [-0.25, -0.2) is 0 Å². The van der Waals surface area contributed by atoms with Crippen molar-refractivity contribution in [2.24, 2.45) is 0 Å². The normalized spacial score (nSPS) is 11.2. The Morgan fingerprint density at radius 1 is 1.32 bits per heavy atom. The number of carbonyl (C=O) groups excluding carboxylic acids is 1. The highest BCUT2D eigenvalue weighted by Gasteiger charge is 2.18. The molecule has 1 N–H and O–H groups in total. The number of nitriles is 1. The number of aromatic nitrogens is 2. The molecule has 0 saturated heterocycles. The number of methoxy groups -OCH3 is 1. The van der Waals surface area contributed by atoms with Gasteiger partial charge in [0.1, 0.15) is 28.6 Å². The third kappa shape index (κ3) is 5.09. The van der Waals surface area contributed by atoms with Crippen LogP contribution in [0.1, 0.15) is 11.1 Å². The van der Waals surface area contributed by atoms with Gasteiger partial charge in [-0.05, 0) is 48.9 Å². The number of fused-ring (bicyclic) bond motifs is 1. The minimum absolute atomic E-state index is 0.0286. The SMILES string of the molecule is COCCNC(=O)/C(C#N)=C/c1c(Oc2ccc(Cl)cc2)nc2c(C)cccn2c1=O. The molecule has 3 aromatic rings. The first-order chi connectivity index (χ1) is 14.9. The van der Waals surface area contributed by atoms with Gasteiger partial charge in [-0.3, -0.25) is 14.0 Å². The van der Waals surface area contributed by atoms with Crippen LogP contribution < -0.4 is 15.6 Å². The Hall–Kier alpha value is -3.67. The molecule has 0 radical (unpaired) electrons. The summed E-state index contributed by atoms with van der Waals surface area (Å²) in [5, 5.41) is 12.6. The number of ether oxygens (including phenoxy) is 2. The first-order valence-corrected chi connectivity index (χ1v) is 9.66. The van der Waals surface area contributed by atoms with Gasteiger partial charge in [-0.1, -0.05) is 17.7 Å². The van der Waals surface area contributed by atoms with Crippen LogP contribution in [0, 0.1) is 18.3 Å². The Morgan fingerprint density at radius 2 is 2.06 bits per heavy atom. The molecule has 0 bridgehead atoms. The van der Waals surface area contributed by atoms with Crippen LogP contribution in [0.4, 0.5) is 0 Å². The number of hydrogen-bond donors (Lipinski definition) is 1. The van der Waals surface area contributed by atoms with Gasteiger partial charge >= 0.3 is 0 Å². The van der Waals surface area contributed by atoms with E-state index >= 15 is 0 Å². The molecule has 31 heavy (non-hydrogen) atoms. The molecule has 1 amide bonds. The molecule has 2 heterocycles. The molecule has 9 heteroatoms. The summed E-state index contributed by atoms with van der Waals surface area (Å²) in [5.74, 6) is -0.267. The number of rotatable bonds is 7. The third-order valence-corrected chi connectivity index (χ3v) is 4.57. The molecular weight excluding hydrogens is 420 g/mol. The lowest BCUT2D eigenvalue weighted by Crippen LogP contribution is -2.28. The van der Waals surface area contributed by atoms with Crippen LogP contribution in [-0.4, -0.2) is 35.6 Å². The molecule has 0 aliphatic rings. The number of benzene rings is 1. The molecular formula is C22H19ClN4O4. The summed E-state index contributed by atoms with van der Waals surface area (Å²) in [4.78, 5) is 30.0. The Bertz CT molecular complexity index is 1240. The summed E-state index contributed by atoms with van der Waals surface area (Å²) in [6.07, 6.45) is 2.74. The summed E-state index contributed by atoms with van der Waals surface area (Å²) >= 11 is 5.92. The molecule has 0 atom stereocenters. The van der Waals surface area contributed by atoms with Crippen LogP contribution in [-0.2, 0) is 9.53 Å². The van der Waals surface area contributed by atoms with Crippen molar-refractivity contribution in [3.8, 4) is 17.7 Å². The number of pyridine rings is 1. The van der Waals surface area contributed by atoms with Crippen molar-refractivity contribution in [2.75, 3.05) is 20.3 Å². The van der Waals surface area contributed by atoms with Crippen molar-refractivity contribution in [3.63, 3.8) is 0 Å². The first-order valence-electron chi connectivity index (χ1n) is 9.29. The van der Waals surface area contributed by atoms with Gasteiger partial charge in [0.15, 0.2) is 0 Å². The summed E-state index contributed by atoms with van der Waals surface area (Å²) in [7, 11) is 1.50. The van der Waals surface area contributed by atoms with Gasteiger partial charge in [0.2, 0.25) is 5.88 Å².